The summed E-state index contributed by atoms with van der Waals surface area (Å²) in [4.78, 5) is 15.5. The number of carbonyl (C=O) groups is 1. The number of aliphatic hydroxyl groups excluding tert-OH is 1. The van der Waals surface area contributed by atoms with Crippen LogP contribution in [0.2, 0.25) is 0 Å². The minimum atomic E-state index is -0.496. The quantitative estimate of drug-likeness (QED) is 0.325. The highest BCUT2D eigenvalue weighted by Gasteiger charge is 2.60. The van der Waals surface area contributed by atoms with E-state index in [0.717, 1.165) is 60.8 Å². The van der Waals surface area contributed by atoms with Gasteiger partial charge < -0.3 is 24.8 Å². The van der Waals surface area contributed by atoms with Gasteiger partial charge in [0.15, 0.2) is 11.5 Å². The van der Waals surface area contributed by atoms with Gasteiger partial charge in [-0.3, -0.25) is 4.79 Å². The Morgan fingerprint density at radius 1 is 1.12 bits per heavy atom. The lowest BCUT2D eigenvalue weighted by atomic mass is 9.43. The van der Waals surface area contributed by atoms with Crippen LogP contribution in [-0.2, 0) is 16.8 Å². The van der Waals surface area contributed by atoms with E-state index in [0.29, 0.717) is 42.3 Å². The molecule has 8 rings (SSSR count). The van der Waals surface area contributed by atoms with Crippen LogP contribution in [-0.4, -0.2) is 53.9 Å². The molecule has 6 nitrogen and oxygen atoms in total. The fourth-order valence-electron chi connectivity index (χ4n) is 10.9. The number of methoxy groups -OCH3 is 1. The van der Waals surface area contributed by atoms with E-state index >= 15 is 0 Å². The third kappa shape index (κ3) is 4.40. The van der Waals surface area contributed by atoms with Gasteiger partial charge in [-0.15, -0.1) is 0 Å². The van der Waals surface area contributed by atoms with E-state index in [1.165, 1.54) is 38.5 Å². The van der Waals surface area contributed by atoms with Crippen LogP contribution in [0.1, 0.15) is 102 Å². The minimum absolute atomic E-state index is 0.126. The molecule has 7 aliphatic rings. The fourth-order valence-corrected chi connectivity index (χ4v) is 10.9. The molecule has 218 valence electrons. The van der Waals surface area contributed by atoms with E-state index in [9.17, 15) is 9.90 Å². The summed E-state index contributed by atoms with van der Waals surface area (Å²) in [6.45, 7) is 7.49. The van der Waals surface area contributed by atoms with Crippen molar-refractivity contribution in [1.82, 2.24) is 10.2 Å². The van der Waals surface area contributed by atoms with Crippen LogP contribution >= 0.6 is 0 Å². The van der Waals surface area contributed by atoms with Gasteiger partial charge in [-0.1, -0.05) is 38.5 Å². The maximum absolute atomic E-state index is 13.4. The Balaban J connectivity index is 0.945. The molecular formula is C34H48N2O4. The minimum Gasteiger partial charge on any atom is -0.493 e. The van der Waals surface area contributed by atoms with Crippen molar-refractivity contribution in [2.24, 2.45) is 16.7 Å². The molecule has 2 heterocycles. The van der Waals surface area contributed by atoms with Crippen LogP contribution in [0.4, 0.5) is 0 Å². The number of nitrogens with one attached hydrogen (secondary N) is 1. The Kier molecular flexibility index (Phi) is 6.36. The van der Waals surface area contributed by atoms with Gasteiger partial charge >= 0.3 is 0 Å². The van der Waals surface area contributed by atoms with Crippen LogP contribution in [0.25, 0.3) is 0 Å². The van der Waals surface area contributed by atoms with Gasteiger partial charge in [0.2, 0.25) is 5.91 Å². The van der Waals surface area contributed by atoms with Crippen LogP contribution in [0.3, 0.4) is 0 Å². The molecule has 2 aliphatic heterocycles. The highest BCUT2D eigenvalue weighted by molar-refractivity contribution is 5.76. The highest BCUT2D eigenvalue weighted by atomic mass is 16.5. The van der Waals surface area contributed by atoms with Gasteiger partial charge in [-0.25, -0.2) is 0 Å². The van der Waals surface area contributed by atoms with Crippen LogP contribution in [0.5, 0.6) is 11.5 Å². The largest absolute Gasteiger partial charge is 0.493 e. The lowest BCUT2D eigenvalue weighted by molar-refractivity contribution is -0.132. The average Bonchev–Trinajstić information content (AvgIpc) is 3.10. The van der Waals surface area contributed by atoms with Gasteiger partial charge in [0, 0.05) is 37.0 Å². The summed E-state index contributed by atoms with van der Waals surface area (Å²) in [5.41, 5.74) is 3.46. The second kappa shape index (κ2) is 9.49. The molecule has 1 spiro atoms. The van der Waals surface area contributed by atoms with E-state index in [1.807, 2.05) is 12.1 Å². The zero-order valence-electron chi connectivity index (χ0n) is 24.8. The van der Waals surface area contributed by atoms with Crippen molar-refractivity contribution < 1.29 is 19.4 Å². The number of hydrogen-bond donors (Lipinski definition) is 2. The van der Waals surface area contributed by atoms with Crippen LogP contribution < -0.4 is 14.8 Å². The van der Waals surface area contributed by atoms with Gasteiger partial charge in [-0.2, -0.15) is 0 Å². The molecule has 0 radical (unpaired) electrons. The number of aliphatic hydroxyl groups is 1. The second-order valence-corrected chi connectivity index (χ2v) is 15.2. The molecule has 1 aromatic rings. The van der Waals surface area contributed by atoms with Crippen molar-refractivity contribution >= 4 is 5.91 Å². The van der Waals surface area contributed by atoms with Crippen molar-refractivity contribution in [1.29, 1.82) is 0 Å². The topological polar surface area (TPSA) is 71.0 Å². The first-order chi connectivity index (χ1) is 19.1. The molecule has 4 bridgehead atoms. The normalized spacial score (nSPS) is 40.4. The number of hydrogen-bond acceptors (Lipinski definition) is 5. The molecule has 7 atom stereocenters. The lowest BCUT2D eigenvalue weighted by Gasteiger charge is -2.65. The molecule has 2 unspecified atom stereocenters. The molecule has 5 aliphatic carbocycles. The second-order valence-electron chi connectivity index (χ2n) is 15.2. The summed E-state index contributed by atoms with van der Waals surface area (Å²) in [6, 6.07) is 4.07. The Hall–Kier alpha value is -2.05. The summed E-state index contributed by atoms with van der Waals surface area (Å²) in [7, 11) is 1.67. The smallest absolute Gasteiger partial charge is 0.222 e. The third-order valence-electron chi connectivity index (χ3n) is 11.5. The monoisotopic (exact) mass is 548 g/mol. The average molecular weight is 549 g/mol. The number of carbonyl (C=O) groups excluding carboxylic acids is 1. The first-order valence-electron chi connectivity index (χ1n) is 15.9. The van der Waals surface area contributed by atoms with Gasteiger partial charge in [0.05, 0.1) is 18.6 Å². The standard InChI is InChI=1S/C34H48N2O4/c1-31-16-23-17-32(2,20-31)22-33(18-23,21-31)35-13-6-4-5-7-28(38)36-14-12-34-11-10-25(37)15-27(34)40-30-26(39-3)9-8-24(19-36)29(30)34/h8-11,23,25,27,35,37H,4-7,12-22H2,1-3H3/t23?,25-,27-,31-,32+,33?,34-/m0/s1. The molecule has 1 aromatic carbocycles. The summed E-state index contributed by atoms with van der Waals surface area (Å²) >= 11 is 0. The number of amides is 1. The van der Waals surface area contributed by atoms with Gasteiger partial charge in [0.25, 0.3) is 0 Å². The first-order valence-corrected chi connectivity index (χ1v) is 15.9. The summed E-state index contributed by atoms with van der Waals surface area (Å²) in [5.74, 6) is 2.71. The Labute approximate surface area is 239 Å². The molecule has 2 N–H and O–H groups in total. The van der Waals surface area contributed by atoms with E-state index in [1.54, 1.807) is 7.11 Å². The molecule has 4 saturated carbocycles. The van der Waals surface area contributed by atoms with Crippen LogP contribution in [0.15, 0.2) is 24.3 Å². The molecule has 0 saturated heterocycles. The maximum atomic E-state index is 13.4. The number of unbranched alkanes of at least 4 members (excludes halogenated alkanes) is 2. The number of benzene rings is 1. The van der Waals surface area contributed by atoms with E-state index in [-0.39, 0.29) is 17.4 Å². The molecular weight excluding hydrogens is 500 g/mol. The predicted molar refractivity (Wildman–Crippen MR) is 155 cm³/mol. The maximum Gasteiger partial charge on any atom is 0.222 e. The molecule has 6 heteroatoms. The summed E-state index contributed by atoms with van der Waals surface area (Å²) < 4.78 is 12.1. The molecule has 40 heavy (non-hydrogen) atoms. The number of nitrogens with zero attached hydrogens (tertiary/aromatic N) is 1. The Morgan fingerprint density at radius 3 is 2.67 bits per heavy atom. The van der Waals surface area contributed by atoms with E-state index < -0.39 is 6.10 Å². The van der Waals surface area contributed by atoms with E-state index in [2.05, 4.69) is 36.2 Å². The molecule has 0 aromatic heterocycles. The molecule has 4 fully saturated rings. The molecule has 1 amide bonds. The number of ether oxygens (including phenoxy) is 2. The Morgan fingerprint density at radius 2 is 1.93 bits per heavy atom. The predicted octanol–water partition coefficient (Wildman–Crippen LogP) is 5.65. The zero-order valence-corrected chi connectivity index (χ0v) is 24.8. The van der Waals surface area contributed by atoms with Crippen molar-refractivity contribution in [2.45, 2.75) is 121 Å². The van der Waals surface area contributed by atoms with E-state index in [4.69, 9.17) is 9.47 Å². The summed E-state index contributed by atoms with van der Waals surface area (Å²) in [6.07, 6.45) is 17.0. The zero-order chi connectivity index (χ0) is 27.8. The summed E-state index contributed by atoms with van der Waals surface area (Å²) in [5, 5.41) is 14.4. The Bertz CT molecular complexity index is 1190. The number of rotatable bonds is 8. The first kappa shape index (κ1) is 26.8. The SMILES string of the molecule is COc1ccc2c3c1O[C@H]1C[C@@H](O)C=C[C@@]31CCN(C(=O)CCCCCNC13CC4C[C@@](C)(C1)C[C@](C)(C4)C3)C2. The highest BCUT2D eigenvalue weighted by Crippen LogP contribution is 2.66. The third-order valence-corrected chi connectivity index (χ3v) is 11.5. The van der Waals surface area contributed by atoms with Crippen molar-refractivity contribution in [3.05, 3.63) is 35.4 Å². The lowest BCUT2D eigenvalue weighted by Crippen LogP contribution is -2.64. The van der Waals surface area contributed by atoms with Gasteiger partial charge in [-0.05, 0) is 92.7 Å². The van der Waals surface area contributed by atoms with Crippen molar-refractivity contribution in [2.75, 3.05) is 20.2 Å². The van der Waals surface area contributed by atoms with Crippen LogP contribution in [0, 0.1) is 16.7 Å². The van der Waals surface area contributed by atoms with Crippen molar-refractivity contribution in [3.8, 4) is 11.5 Å². The van der Waals surface area contributed by atoms with Crippen molar-refractivity contribution in [3.63, 3.8) is 0 Å². The van der Waals surface area contributed by atoms with Gasteiger partial charge in [0.1, 0.15) is 6.10 Å². The fraction of sp³-hybridized carbons (Fsp3) is 0.735.